The predicted molar refractivity (Wildman–Crippen MR) is 66.8 cm³/mol. The summed E-state index contributed by atoms with van der Waals surface area (Å²) in [4.78, 5) is 4.24. The van der Waals surface area contributed by atoms with Crippen LogP contribution in [0.1, 0.15) is 6.92 Å². The fourth-order valence-electron chi connectivity index (χ4n) is 1.30. The van der Waals surface area contributed by atoms with Crippen molar-refractivity contribution in [1.29, 1.82) is 0 Å². The molecular weight excluding hydrogens is 208 g/mol. The largest absolute Gasteiger partial charge is 0.493 e. The molecule has 0 aromatic carbocycles. The number of methoxy groups -OCH3 is 1. The molecule has 0 radical (unpaired) electrons. The first-order valence-electron chi connectivity index (χ1n) is 4.99. The van der Waals surface area contributed by atoms with Crippen molar-refractivity contribution in [3.8, 4) is 5.75 Å². The van der Waals surface area contributed by atoms with Gasteiger partial charge in [-0.25, -0.2) is 4.98 Å². The van der Waals surface area contributed by atoms with Crippen LogP contribution in [-0.2, 0) is 0 Å². The van der Waals surface area contributed by atoms with Crippen molar-refractivity contribution in [3.05, 3.63) is 18.3 Å². The lowest BCUT2D eigenvalue weighted by molar-refractivity contribution is 0.414. The number of hydrogen-bond acceptors (Lipinski definition) is 4. The highest BCUT2D eigenvalue weighted by molar-refractivity contribution is 7.98. The Balaban J connectivity index is 2.49. The Hall–Kier alpha value is -0.900. The van der Waals surface area contributed by atoms with Gasteiger partial charge in [0.15, 0.2) is 11.6 Å². The molecule has 0 spiro atoms. The van der Waals surface area contributed by atoms with Crippen LogP contribution in [0.4, 0.5) is 5.82 Å². The number of rotatable bonds is 6. The first-order chi connectivity index (χ1) is 7.27. The van der Waals surface area contributed by atoms with E-state index in [1.165, 1.54) is 0 Å². The minimum absolute atomic E-state index is 0.631. The van der Waals surface area contributed by atoms with Crippen molar-refractivity contribution < 1.29 is 4.74 Å². The van der Waals surface area contributed by atoms with E-state index in [9.17, 15) is 0 Å². The molecule has 84 valence electrons. The van der Waals surface area contributed by atoms with Crippen LogP contribution in [0.3, 0.4) is 0 Å². The maximum absolute atomic E-state index is 5.21. The molecule has 0 aliphatic carbocycles. The molecule has 0 fully saturated rings. The summed E-state index contributed by atoms with van der Waals surface area (Å²) >= 11 is 1.86. The third kappa shape index (κ3) is 4.00. The number of ether oxygens (including phenoxy) is 1. The lowest BCUT2D eigenvalue weighted by atomic mass is 10.2. The van der Waals surface area contributed by atoms with Gasteiger partial charge in [0, 0.05) is 12.7 Å². The number of anilines is 1. The van der Waals surface area contributed by atoms with Gasteiger partial charge in [0.25, 0.3) is 0 Å². The fraction of sp³-hybridized carbons (Fsp3) is 0.545. The third-order valence-electron chi connectivity index (χ3n) is 2.06. The molecule has 1 aromatic heterocycles. The summed E-state index contributed by atoms with van der Waals surface area (Å²) in [6, 6.07) is 3.78. The van der Waals surface area contributed by atoms with Crippen LogP contribution in [-0.4, -0.2) is 30.6 Å². The van der Waals surface area contributed by atoms with Gasteiger partial charge in [0.05, 0.1) is 7.11 Å². The standard InChI is InChI=1S/C11H18N2OS/c1-9(8-15-3)7-13-11-10(14-2)5-4-6-12-11/h4-6,9H,7-8H2,1-3H3,(H,12,13). The molecule has 1 heterocycles. The van der Waals surface area contributed by atoms with Gasteiger partial charge in [0.1, 0.15) is 0 Å². The van der Waals surface area contributed by atoms with Gasteiger partial charge < -0.3 is 10.1 Å². The van der Waals surface area contributed by atoms with Crippen LogP contribution in [0.5, 0.6) is 5.75 Å². The maximum atomic E-state index is 5.21. The maximum Gasteiger partial charge on any atom is 0.168 e. The number of thioether (sulfide) groups is 1. The van der Waals surface area contributed by atoms with Crippen molar-refractivity contribution in [2.45, 2.75) is 6.92 Å². The second-order valence-electron chi connectivity index (χ2n) is 3.50. The molecule has 1 aromatic rings. The number of nitrogens with zero attached hydrogens (tertiary/aromatic N) is 1. The monoisotopic (exact) mass is 226 g/mol. The molecule has 1 unspecified atom stereocenters. The predicted octanol–water partition coefficient (Wildman–Crippen LogP) is 2.50. The van der Waals surface area contributed by atoms with Crippen LogP contribution in [0, 0.1) is 5.92 Å². The van der Waals surface area contributed by atoms with Gasteiger partial charge in [-0.3, -0.25) is 0 Å². The minimum Gasteiger partial charge on any atom is -0.493 e. The summed E-state index contributed by atoms with van der Waals surface area (Å²) < 4.78 is 5.21. The average Bonchev–Trinajstić information content (AvgIpc) is 2.27. The first-order valence-corrected chi connectivity index (χ1v) is 6.39. The van der Waals surface area contributed by atoms with Crippen molar-refractivity contribution in [1.82, 2.24) is 4.98 Å². The molecule has 15 heavy (non-hydrogen) atoms. The Morgan fingerprint density at radius 1 is 1.60 bits per heavy atom. The number of nitrogens with one attached hydrogen (secondary N) is 1. The van der Waals surface area contributed by atoms with Gasteiger partial charge >= 0.3 is 0 Å². The van der Waals surface area contributed by atoms with Gasteiger partial charge in [-0.1, -0.05) is 6.92 Å². The normalized spacial score (nSPS) is 12.2. The molecular formula is C11H18N2OS. The Morgan fingerprint density at radius 2 is 2.40 bits per heavy atom. The molecule has 0 aliphatic heterocycles. The summed E-state index contributed by atoms with van der Waals surface area (Å²) in [6.07, 6.45) is 3.89. The Labute approximate surface area is 95.6 Å². The average molecular weight is 226 g/mol. The van der Waals surface area contributed by atoms with Crippen molar-refractivity contribution in [2.75, 3.05) is 31.0 Å². The Morgan fingerprint density at radius 3 is 3.07 bits per heavy atom. The molecule has 0 bridgehead atoms. The van der Waals surface area contributed by atoms with Crippen LogP contribution in [0.25, 0.3) is 0 Å². The van der Waals surface area contributed by atoms with E-state index in [-0.39, 0.29) is 0 Å². The van der Waals surface area contributed by atoms with Crippen molar-refractivity contribution >= 4 is 17.6 Å². The smallest absolute Gasteiger partial charge is 0.168 e. The van der Waals surface area contributed by atoms with Gasteiger partial charge in [-0.2, -0.15) is 11.8 Å². The van der Waals surface area contributed by atoms with E-state index >= 15 is 0 Å². The summed E-state index contributed by atoms with van der Waals surface area (Å²) in [6.45, 7) is 3.15. The Kier molecular flexibility index (Phi) is 5.32. The van der Waals surface area contributed by atoms with E-state index in [2.05, 4.69) is 23.5 Å². The molecule has 0 saturated carbocycles. The topological polar surface area (TPSA) is 34.1 Å². The van der Waals surface area contributed by atoms with Crippen LogP contribution in [0.2, 0.25) is 0 Å². The van der Waals surface area contributed by atoms with Crippen molar-refractivity contribution in [3.63, 3.8) is 0 Å². The summed E-state index contributed by atoms with van der Waals surface area (Å²) in [5.41, 5.74) is 0. The zero-order chi connectivity index (χ0) is 11.1. The van der Waals surface area contributed by atoms with E-state index in [4.69, 9.17) is 4.74 Å². The first kappa shape index (κ1) is 12.2. The van der Waals surface area contributed by atoms with E-state index in [0.29, 0.717) is 5.92 Å². The van der Waals surface area contributed by atoms with Crippen LogP contribution in [0.15, 0.2) is 18.3 Å². The minimum atomic E-state index is 0.631. The zero-order valence-corrected chi connectivity index (χ0v) is 10.3. The molecule has 0 aliphatic rings. The molecule has 0 saturated heterocycles. The molecule has 1 N–H and O–H groups in total. The van der Waals surface area contributed by atoms with Crippen LogP contribution >= 0.6 is 11.8 Å². The second kappa shape index (κ2) is 6.56. The second-order valence-corrected chi connectivity index (χ2v) is 4.41. The van der Waals surface area contributed by atoms with E-state index in [1.807, 2.05) is 23.9 Å². The third-order valence-corrected chi connectivity index (χ3v) is 2.96. The summed E-state index contributed by atoms with van der Waals surface area (Å²) in [5.74, 6) is 3.41. The van der Waals surface area contributed by atoms with E-state index in [0.717, 1.165) is 23.9 Å². The fourth-order valence-corrected chi connectivity index (χ4v) is 1.99. The zero-order valence-electron chi connectivity index (χ0n) is 9.49. The number of hydrogen-bond donors (Lipinski definition) is 1. The molecule has 1 atom stereocenters. The van der Waals surface area contributed by atoms with Gasteiger partial charge in [-0.05, 0) is 30.1 Å². The van der Waals surface area contributed by atoms with Crippen LogP contribution < -0.4 is 10.1 Å². The molecule has 3 nitrogen and oxygen atoms in total. The van der Waals surface area contributed by atoms with Gasteiger partial charge in [-0.15, -0.1) is 0 Å². The summed E-state index contributed by atoms with van der Waals surface area (Å²) in [5, 5.41) is 3.30. The highest BCUT2D eigenvalue weighted by atomic mass is 32.2. The van der Waals surface area contributed by atoms with Crippen molar-refractivity contribution in [2.24, 2.45) is 5.92 Å². The lowest BCUT2D eigenvalue weighted by Gasteiger charge is -2.13. The highest BCUT2D eigenvalue weighted by Gasteiger charge is 2.05. The molecule has 0 amide bonds. The molecule has 4 heteroatoms. The van der Waals surface area contributed by atoms with Gasteiger partial charge in [0.2, 0.25) is 0 Å². The summed E-state index contributed by atoms with van der Waals surface area (Å²) in [7, 11) is 1.66. The van der Waals surface area contributed by atoms with E-state index < -0.39 is 0 Å². The quantitative estimate of drug-likeness (QED) is 0.808. The van der Waals surface area contributed by atoms with E-state index in [1.54, 1.807) is 13.3 Å². The number of aromatic nitrogens is 1. The Bertz CT molecular complexity index is 294. The highest BCUT2D eigenvalue weighted by Crippen LogP contribution is 2.20. The molecule has 1 rings (SSSR count). The SMILES string of the molecule is COc1cccnc1NCC(C)CSC. The lowest BCUT2D eigenvalue weighted by Crippen LogP contribution is -2.14. The number of pyridine rings is 1.